The zero-order valence-corrected chi connectivity index (χ0v) is 9.34. The zero-order valence-electron chi connectivity index (χ0n) is 6.18. The van der Waals surface area contributed by atoms with E-state index in [1.807, 2.05) is 18.2 Å². The second-order valence-electron chi connectivity index (χ2n) is 2.09. The number of nitrogens with one attached hydrogen (secondary N) is 1. The Bertz CT molecular complexity index is 255. The molecule has 0 fully saturated rings. The van der Waals surface area contributed by atoms with Gasteiger partial charge in [-0.3, -0.25) is 11.3 Å². The summed E-state index contributed by atoms with van der Waals surface area (Å²) in [6.45, 7) is 0.612. The molecule has 0 aliphatic carbocycles. The Hall–Kier alpha value is 0.200. The molecule has 1 aromatic carbocycles. The van der Waals surface area contributed by atoms with Gasteiger partial charge < -0.3 is 0 Å². The summed E-state index contributed by atoms with van der Waals surface area (Å²) >= 11 is 9.19. The van der Waals surface area contributed by atoms with E-state index in [-0.39, 0.29) is 12.4 Å². The van der Waals surface area contributed by atoms with Crippen LogP contribution in [0.3, 0.4) is 0 Å². The van der Waals surface area contributed by atoms with Gasteiger partial charge in [0.2, 0.25) is 0 Å². The number of hydrogen-bond donors (Lipinski definition) is 2. The van der Waals surface area contributed by atoms with E-state index in [0.29, 0.717) is 11.6 Å². The van der Waals surface area contributed by atoms with Crippen LogP contribution in [0.5, 0.6) is 0 Å². The Balaban J connectivity index is 0.00000121. The molecule has 3 N–H and O–H groups in total. The molecule has 0 atom stereocenters. The molecule has 2 nitrogen and oxygen atoms in total. The summed E-state index contributed by atoms with van der Waals surface area (Å²) in [7, 11) is 0. The first kappa shape index (κ1) is 12.2. The summed E-state index contributed by atoms with van der Waals surface area (Å²) in [5.74, 6) is 5.17. The number of benzene rings is 1. The predicted octanol–water partition coefficient (Wildman–Crippen LogP) is 2.49. The molecular formula is C7H9BrCl2N2. The third kappa shape index (κ3) is 2.92. The maximum atomic E-state index is 5.83. The van der Waals surface area contributed by atoms with Gasteiger partial charge >= 0.3 is 0 Å². The molecule has 0 aliphatic heterocycles. The maximum Gasteiger partial charge on any atom is 0.0551 e. The van der Waals surface area contributed by atoms with Crippen LogP contribution in [0.1, 0.15) is 5.56 Å². The third-order valence-corrected chi connectivity index (χ3v) is 2.80. The SMILES string of the molecule is Cl.NNCc1cccc(Cl)c1Br. The predicted molar refractivity (Wildman–Crippen MR) is 57.4 cm³/mol. The molecule has 5 heteroatoms. The topological polar surface area (TPSA) is 38.0 Å². The van der Waals surface area contributed by atoms with Crippen LogP contribution in [0.25, 0.3) is 0 Å². The minimum atomic E-state index is 0. The summed E-state index contributed by atoms with van der Waals surface area (Å²) in [6.07, 6.45) is 0. The van der Waals surface area contributed by atoms with Crippen LogP contribution in [0.2, 0.25) is 5.02 Å². The molecule has 0 heterocycles. The molecule has 1 rings (SSSR count). The van der Waals surface area contributed by atoms with E-state index in [0.717, 1.165) is 10.0 Å². The Labute approximate surface area is 91.0 Å². The molecule has 0 bridgehead atoms. The number of hydrogen-bond acceptors (Lipinski definition) is 2. The first-order chi connectivity index (χ1) is 5.25. The van der Waals surface area contributed by atoms with Gasteiger partial charge in [-0.2, -0.15) is 0 Å². The van der Waals surface area contributed by atoms with Gasteiger partial charge in [0, 0.05) is 11.0 Å². The van der Waals surface area contributed by atoms with Crippen LogP contribution in [-0.4, -0.2) is 0 Å². The van der Waals surface area contributed by atoms with Crippen LogP contribution in [0.15, 0.2) is 22.7 Å². The molecule has 0 saturated carbocycles. The van der Waals surface area contributed by atoms with Gasteiger partial charge in [0.15, 0.2) is 0 Å². The van der Waals surface area contributed by atoms with Gasteiger partial charge in [-0.25, -0.2) is 0 Å². The molecule has 0 saturated heterocycles. The Morgan fingerprint density at radius 1 is 1.50 bits per heavy atom. The summed E-state index contributed by atoms with van der Waals surface area (Å²) in [5, 5.41) is 0.706. The van der Waals surface area contributed by atoms with Crippen molar-refractivity contribution >= 4 is 39.9 Å². The van der Waals surface area contributed by atoms with Gasteiger partial charge in [0.25, 0.3) is 0 Å². The highest BCUT2D eigenvalue weighted by Gasteiger charge is 2.01. The van der Waals surface area contributed by atoms with Crippen molar-refractivity contribution in [3.8, 4) is 0 Å². The molecule has 1 aromatic rings. The average Bonchev–Trinajstić information content (AvgIpc) is 1.99. The van der Waals surface area contributed by atoms with E-state index in [4.69, 9.17) is 17.4 Å². The summed E-state index contributed by atoms with van der Waals surface area (Å²) < 4.78 is 0.902. The fourth-order valence-corrected chi connectivity index (χ4v) is 1.39. The number of rotatable bonds is 2. The van der Waals surface area contributed by atoms with Crippen molar-refractivity contribution in [3.05, 3.63) is 33.3 Å². The monoisotopic (exact) mass is 270 g/mol. The van der Waals surface area contributed by atoms with Crippen LogP contribution >= 0.6 is 39.9 Å². The van der Waals surface area contributed by atoms with Crippen molar-refractivity contribution in [2.75, 3.05) is 0 Å². The van der Waals surface area contributed by atoms with Gasteiger partial charge in [-0.1, -0.05) is 23.7 Å². The lowest BCUT2D eigenvalue weighted by Crippen LogP contribution is -2.21. The molecule has 0 aromatic heterocycles. The molecule has 0 amide bonds. The maximum absolute atomic E-state index is 5.83. The Morgan fingerprint density at radius 3 is 2.75 bits per heavy atom. The molecule has 0 spiro atoms. The molecule has 0 aliphatic rings. The quantitative estimate of drug-likeness (QED) is 0.641. The van der Waals surface area contributed by atoms with Crippen molar-refractivity contribution in [2.45, 2.75) is 6.54 Å². The highest BCUT2D eigenvalue weighted by molar-refractivity contribution is 9.10. The molecule has 12 heavy (non-hydrogen) atoms. The number of halogens is 3. The number of nitrogens with two attached hydrogens (primary N) is 1. The summed E-state index contributed by atoms with van der Waals surface area (Å²) in [6, 6.07) is 5.67. The minimum Gasteiger partial charge on any atom is -0.271 e. The van der Waals surface area contributed by atoms with Gasteiger partial charge in [-0.15, -0.1) is 12.4 Å². The third-order valence-electron chi connectivity index (χ3n) is 1.32. The van der Waals surface area contributed by atoms with E-state index in [1.165, 1.54) is 0 Å². The van der Waals surface area contributed by atoms with Crippen molar-refractivity contribution in [2.24, 2.45) is 5.84 Å². The number of hydrazine groups is 1. The lowest BCUT2D eigenvalue weighted by atomic mass is 10.2. The molecule has 68 valence electrons. The largest absolute Gasteiger partial charge is 0.271 e. The second-order valence-corrected chi connectivity index (χ2v) is 3.29. The fraction of sp³-hybridized carbons (Fsp3) is 0.143. The fourth-order valence-electron chi connectivity index (χ4n) is 0.795. The Kier molecular flexibility index (Phi) is 5.88. The van der Waals surface area contributed by atoms with E-state index < -0.39 is 0 Å². The minimum absolute atomic E-state index is 0. The normalized spacial score (nSPS) is 9.25. The first-order valence-electron chi connectivity index (χ1n) is 3.12. The molecule has 0 radical (unpaired) electrons. The van der Waals surface area contributed by atoms with Crippen molar-refractivity contribution < 1.29 is 0 Å². The van der Waals surface area contributed by atoms with Gasteiger partial charge in [0.1, 0.15) is 0 Å². The summed E-state index contributed by atoms with van der Waals surface area (Å²) in [5.41, 5.74) is 3.62. The summed E-state index contributed by atoms with van der Waals surface area (Å²) in [4.78, 5) is 0. The van der Waals surface area contributed by atoms with Crippen molar-refractivity contribution in [1.29, 1.82) is 0 Å². The second kappa shape index (κ2) is 5.78. The van der Waals surface area contributed by atoms with E-state index in [1.54, 1.807) is 0 Å². The zero-order chi connectivity index (χ0) is 8.27. The van der Waals surface area contributed by atoms with Crippen molar-refractivity contribution in [1.82, 2.24) is 5.43 Å². The van der Waals surface area contributed by atoms with Crippen LogP contribution in [0.4, 0.5) is 0 Å². The van der Waals surface area contributed by atoms with E-state index in [9.17, 15) is 0 Å². The van der Waals surface area contributed by atoms with Gasteiger partial charge in [0.05, 0.1) is 5.02 Å². The van der Waals surface area contributed by atoms with Crippen molar-refractivity contribution in [3.63, 3.8) is 0 Å². The van der Waals surface area contributed by atoms with Crippen LogP contribution in [-0.2, 0) is 6.54 Å². The van der Waals surface area contributed by atoms with Crippen LogP contribution < -0.4 is 11.3 Å². The average molecular weight is 272 g/mol. The standard InChI is InChI=1S/C7H8BrClN2.ClH/c8-7-5(4-11-10)2-1-3-6(7)9;/h1-3,11H,4,10H2;1H. The van der Waals surface area contributed by atoms with E-state index >= 15 is 0 Å². The molecule has 0 unspecified atom stereocenters. The van der Waals surface area contributed by atoms with Gasteiger partial charge in [-0.05, 0) is 27.6 Å². The smallest absolute Gasteiger partial charge is 0.0551 e. The van der Waals surface area contributed by atoms with Crippen LogP contribution in [0, 0.1) is 0 Å². The Morgan fingerprint density at radius 2 is 2.17 bits per heavy atom. The lowest BCUT2D eigenvalue weighted by molar-refractivity contribution is 0.739. The molecular weight excluding hydrogens is 263 g/mol. The van der Waals surface area contributed by atoms with E-state index in [2.05, 4.69) is 21.4 Å². The first-order valence-corrected chi connectivity index (χ1v) is 4.29. The highest BCUT2D eigenvalue weighted by atomic mass is 79.9. The highest BCUT2D eigenvalue weighted by Crippen LogP contribution is 2.25. The lowest BCUT2D eigenvalue weighted by Gasteiger charge is -2.03.